The summed E-state index contributed by atoms with van der Waals surface area (Å²) in [5.74, 6) is 5.69. The largest absolute Gasteiger partial charge is 0.384 e. The predicted molar refractivity (Wildman–Crippen MR) is 70.9 cm³/mol. The Hall–Kier alpha value is -1.44. The fourth-order valence-electron chi connectivity index (χ4n) is 1.74. The molecule has 0 saturated carbocycles. The van der Waals surface area contributed by atoms with Crippen molar-refractivity contribution < 1.29 is 4.39 Å². The van der Waals surface area contributed by atoms with Gasteiger partial charge in [-0.1, -0.05) is 6.07 Å². The molecular weight excluding hydrogens is 301 g/mol. The summed E-state index contributed by atoms with van der Waals surface area (Å²) in [6.07, 6.45) is 2.21. The van der Waals surface area contributed by atoms with Gasteiger partial charge in [0.15, 0.2) is 0 Å². The third-order valence-corrected chi connectivity index (χ3v) is 3.31. The van der Waals surface area contributed by atoms with Gasteiger partial charge in [-0.2, -0.15) is 5.10 Å². The van der Waals surface area contributed by atoms with Crippen LogP contribution in [0, 0.1) is 5.82 Å². The molecule has 1 heterocycles. The number of hydrazine groups is 1. The zero-order chi connectivity index (χ0) is 13.1. The zero-order valence-electron chi connectivity index (χ0n) is 9.45. The first kappa shape index (κ1) is 13.0. The Labute approximate surface area is 112 Å². The van der Waals surface area contributed by atoms with E-state index in [2.05, 4.69) is 31.6 Å². The second-order valence-electron chi connectivity index (χ2n) is 3.91. The Kier molecular flexibility index (Phi) is 3.95. The van der Waals surface area contributed by atoms with Crippen LogP contribution >= 0.6 is 15.9 Å². The van der Waals surface area contributed by atoms with E-state index >= 15 is 0 Å². The number of aromatic nitrogens is 2. The molecule has 1 unspecified atom stereocenters. The van der Waals surface area contributed by atoms with Crippen molar-refractivity contribution in [3.05, 3.63) is 45.8 Å². The molecule has 1 aromatic heterocycles. The van der Waals surface area contributed by atoms with Gasteiger partial charge in [-0.25, -0.2) is 4.39 Å². The van der Waals surface area contributed by atoms with Crippen molar-refractivity contribution in [3.63, 3.8) is 0 Å². The summed E-state index contributed by atoms with van der Waals surface area (Å²) in [6.45, 7) is 0. The minimum atomic E-state index is -0.293. The number of nitrogens with one attached hydrogen (secondary N) is 2. The molecule has 2 aromatic rings. The molecule has 0 aliphatic heterocycles. The van der Waals surface area contributed by atoms with E-state index in [1.807, 2.05) is 0 Å². The first-order valence-corrected chi connectivity index (χ1v) is 6.10. The second kappa shape index (κ2) is 5.47. The Balaban J connectivity index is 2.20. The maximum atomic E-state index is 13.1. The van der Waals surface area contributed by atoms with E-state index in [1.54, 1.807) is 18.3 Å². The molecule has 0 aliphatic carbocycles. The molecule has 18 heavy (non-hydrogen) atoms. The maximum absolute atomic E-state index is 13.1. The number of nitrogens with zero attached hydrogens (tertiary/aromatic N) is 1. The molecular formula is C11H13BrFN5. The maximum Gasteiger partial charge on any atom is 0.137 e. The highest BCUT2D eigenvalue weighted by molar-refractivity contribution is 9.10. The molecule has 96 valence electrons. The molecule has 6 N–H and O–H groups in total. The number of rotatable bonds is 4. The molecule has 1 atom stereocenters. The van der Waals surface area contributed by atoms with Crippen molar-refractivity contribution in [2.75, 3.05) is 5.73 Å². The van der Waals surface area contributed by atoms with Crippen molar-refractivity contribution in [2.24, 2.45) is 5.84 Å². The van der Waals surface area contributed by atoms with Gasteiger partial charge in [-0.15, -0.1) is 0 Å². The van der Waals surface area contributed by atoms with Crippen molar-refractivity contribution in [2.45, 2.75) is 12.5 Å². The standard InChI is InChI=1S/C11H13BrFN5/c12-8-3-6(1-2-9(8)13)4-10(17-15)7-5-16-18-11(7)14/h1-3,5,10,17H,4,15H2,(H3,14,16,18). The lowest BCUT2D eigenvalue weighted by atomic mass is 10.0. The fourth-order valence-corrected chi connectivity index (χ4v) is 2.17. The second-order valence-corrected chi connectivity index (χ2v) is 4.77. The zero-order valence-corrected chi connectivity index (χ0v) is 11.0. The Morgan fingerprint density at radius 1 is 1.50 bits per heavy atom. The third-order valence-electron chi connectivity index (χ3n) is 2.70. The molecule has 0 saturated heterocycles. The molecule has 5 nitrogen and oxygen atoms in total. The first-order valence-electron chi connectivity index (χ1n) is 5.30. The van der Waals surface area contributed by atoms with Crippen molar-refractivity contribution in [3.8, 4) is 0 Å². The molecule has 2 rings (SSSR count). The number of aromatic amines is 1. The van der Waals surface area contributed by atoms with Gasteiger partial charge in [0.2, 0.25) is 0 Å². The highest BCUT2D eigenvalue weighted by Gasteiger charge is 2.15. The van der Waals surface area contributed by atoms with Crippen LogP contribution in [0.15, 0.2) is 28.9 Å². The SMILES string of the molecule is NNC(Cc1ccc(F)c(Br)c1)c1cn[nH]c1N. The van der Waals surface area contributed by atoms with Gasteiger partial charge < -0.3 is 5.73 Å². The topological polar surface area (TPSA) is 92.7 Å². The number of hydrogen-bond acceptors (Lipinski definition) is 4. The molecule has 0 spiro atoms. The highest BCUT2D eigenvalue weighted by atomic mass is 79.9. The normalized spacial score (nSPS) is 12.6. The lowest BCUT2D eigenvalue weighted by Gasteiger charge is -2.15. The van der Waals surface area contributed by atoms with E-state index in [0.29, 0.717) is 16.7 Å². The fraction of sp³-hybridized carbons (Fsp3) is 0.182. The Morgan fingerprint density at radius 3 is 2.83 bits per heavy atom. The Morgan fingerprint density at radius 2 is 2.28 bits per heavy atom. The van der Waals surface area contributed by atoms with E-state index in [9.17, 15) is 4.39 Å². The predicted octanol–water partition coefficient (Wildman–Crippen LogP) is 1.64. The van der Waals surface area contributed by atoms with Crippen LogP contribution in [0.4, 0.5) is 10.2 Å². The van der Waals surface area contributed by atoms with E-state index < -0.39 is 0 Å². The summed E-state index contributed by atoms with van der Waals surface area (Å²) < 4.78 is 13.6. The number of benzene rings is 1. The van der Waals surface area contributed by atoms with Crippen LogP contribution in [0.25, 0.3) is 0 Å². The van der Waals surface area contributed by atoms with Gasteiger partial charge in [0.25, 0.3) is 0 Å². The molecule has 1 aromatic carbocycles. The minimum absolute atomic E-state index is 0.180. The van der Waals surface area contributed by atoms with Crippen molar-refractivity contribution >= 4 is 21.7 Å². The summed E-state index contributed by atoms with van der Waals surface area (Å²) in [5.41, 5.74) is 10.1. The molecule has 0 fully saturated rings. The van der Waals surface area contributed by atoms with Crippen LogP contribution in [-0.4, -0.2) is 10.2 Å². The van der Waals surface area contributed by atoms with Crippen molar-refractivity contribution in [1.29, 1.82) is 0 Å². The number of nitrogens with two attached hydrogens (primary N) is 2. The quantitative estimate of drug-likeness (QED) is 0.510. The van der Waals surface area contributed by atoms with Gasteiger partial charge in [-0.3, -0.25) is 16.4 Å². The molecule has 0 bridgehead atoms. The summed E-state index contributed by atoms with van der Waals surface area (Å²) in [4.78, 5) is 0. The van der Waals surface area contributed by atoms with Crippen LogP contribution in [0.3, 0.4) is 0 Å². The molecule has 0 amide bonds. The molecule has 7 heteroatoms. The number of anilines is 1. The van der Waals surface area contributed by atoms with Crippen LogP contribution in [0.2, 0.25) is 0 Å². The van der Waals surface area contributed by atoms with Gasteiger partial charge >= 0.3 is 0 Å². The number of hydrogen-bond donors (Lipinski definition) is 4. The highest BCUT2D eigenvalue weighted by Crippen LogP contribution is 2.24. The molecule has 0 aliphatic rings. The van der Waals surface area contributed by atoms with Crippen molar-refractivity contribution in [1.82, 2.24) is 15.6 Å². The van der Waals surface area contributed by atoms with Gasteiger partial charge in [-0.05, 0) is 40.0 Å². The number of H-pyrrole nitrogens is 1. The van der Waals surface area contributed by atoms with E-state index in [0.717, 1.165) is 11.1 Å². The van der Waals surface area contributed by atoms with E-state index in [1.165, 1.54) is 6.07 Å². The first-order chi connectivity index (χ1) is 8.61. The summed E-state index contributed by atoms with van der Waals surface area (Å²) >= 11 is 3.15. The smallest absolute Gasteiger partial charge is 0.137 e. The number of halogens is 2. The lowest BCUT2D eigenvalue weighted by Crippen LogP contribution is -2.29. The average Bonchev–Trinajstić information content (AvgIpc) is 2.77. The van der Waals surface area contributed by atoms with Gasteiger partial charge in [0.05, 0.1) is 16.7 Å². The summed E-state index contributed by atoms with van der Waals surface area (Å²) in [6, 6.07) is 4.66. The summed E-state index contributed by atoms with van der Waals surface area (Å²) in [5, 5.41) is 6.50. The molecule has 0 radical (unpaired) electrons. The number of nitrogen functional groups attached to an aromatic ring is 1. The van der Waals surface area contributed by atoms with Crippen LogP contribution in [0.1, 0.15) is 17.2 Å². The van der Waals surface area contributed by atoms with Crippen LogP contribution in [0.5, 0.6) is 0 Å². The third kappa shape index (κ3) is 2.69. The summed E-state index contributed by atoms with van der Waals surface area (Å²) in [7, 11) is 0. The van der Waals surface area contributed by atoms with Crippen LogP contribution < -0.4 is 17.0 Å². The van der Waals surface area contributed by atoms with E-state index in [4.69, 9.17) is 11.6 Å². The Bertz CT molecular complexity index is 542. The van der Waals surface area contributed by atoms with Gasteiger partial charge in [0, 0.05) is 5.56 Å². The minimum Gasteiger partial charge on any atom is -0.384 e. The van der Waals surface area contributed by atoms with Crippen LogP contribution in [-0.2, 0) is 6.42 Å². The monoisotopic (exact) mass is 313 g/mol. The average molecular weight is 314 g/mol. The van der Waals surface area contributed by atoms with Gasteiger partial charge in [0.1, 0.15) is 11.6 Å². The van der Waals surface area contributed by atoms with E-state index in [-0.39, 0.29) is 11.9 Å². The lowest BCUT2D eigenvalue weighted by molar-refractivity contribution is 0.552.